The molecule has 0 fully saturated rings. The average Bonchev–Trinajstić information content (AvgIpc) is 3.80. The molecule has 48 heavy (non-hydrogen) atoms. The van der Waals surface area contributed by atoms with Crippen LogP contribution in [0.1, 0.15) is 47.1 Å². The van der Waals surface area contributed by atoms with E-state index in [9.17, 15) is 0 Å². The van der Waals surface area contributed by atoms with Gasteiger partial charge in [-0.3, -0.25) is 0 Å². The topological polar surface area (TPSA) is 0 Å². The van der Waals surface area contributed by atoms with E-state index in [0.717, 1.165) is 12.8 Å². The van der Waals surface area contributed by atoms with Gasteiger partial charge in [0, 0.05) is 0 Å². The first kappa shape index (κ1) is 34.0. The van der Waals surface area contributed by atoms with E-state index in [1.54, 1.807) is 3.28 Å². The minimum absolute atomic E-state index is 0. The van der Waals surface area contributed by atoms with Crippen molar-refractivity contribution in [1.29, 1.82) is 0 Å². The van der Waals surface area contributed by atoms with Crippen LogP contribution in [0.4, 0.5) is 0 Å². The van der Waals surface area contributed by atoms with Crippen LogP contribution in [-0.2, 0) is 24.7 Å². The predicted octanol–water partition coefficient (Wildman–Crippen LogP) is 11.3. The van der Waals surface area contributed by atoms with Crippen LogP contribution in [0.3, 0.4) is 0 Å². The van der Waals surface area contributed by atoms with Gasteiger partial charge in [0.05, 0.1) is 0 Å². The zero-order valence-electron chi connectivity index (χ0n) is 26.9. The van der Waals surface area contributed by atoms with Crippen molar-refractivity contribution in [3.8, 4) is 11.1 Å². The molecule has 0 bridgehead atoms. The summed E-state index contributed by atoms with van der Waals surface area (Å²) in [4.78, 5) is 0. The van der Waals surface area contributed by atoms with Crippen LogP contribution in [0, 0.1) is 0 Å². The first-order chi connectivity index (χ1) is 22.7. The van der Waals surface area contributed by atoms with Crippen LogP contribution in [0.5, 0.6) is 0 Å². The maximum absolute atomic E-state index is 6.00. The van der Waals surface area contributed by atoms with Crippen LogP contribution >= 0.6 is 24.8 Å². The molecule has 0 nitrogen and oxygen atoms in total. The molecule has 0 N–H and O–H groups in total. The van der Waals surface area contributed by atoms with Crippen LogP contribution in [0.15, 0.2) is 185 Å². The SMILES string of the molecule is Cl.Cl.[CH2]=[Zr]([C]1=CC=CC1)([c]1cccc2c1Cc1ccccc1-2)([CH](c1ccccc1)c1ccccc1)[CH](c1ccccc1)c1ccccc1. The summed E-state index contributed by atoms with van der Waals surface area (Å²) >= 11 is -5.12. The number of benzene rings is 6. The summed E-state index contributed by atoms with van der Waals surface area (Å²) in [7, 11) is 0. The molecular formula is C45H40Cl2Zr. The van der Waals surface area contributed by atoms with E-state index in [0.29, 0.717) is 0 Å². The van der Waals surface area contributed by atoms with E-state index in [1.165, 1.54) is 47.8 Å². The molecule has 0 saturated carbocycles. The van der Waals surface area contributed by atoms with Crippen molar-refractivity contribution in [3.05, 3.63) is 219 Å². The van der Waals surface area contributed by atoms with E-state index in [-0.39, 0.29) is 32.1 Å². The van der Waals surface area contributed by atoms with Gasteiger partial charge in [0.2, 0.25) is 0 Å². The van der Waals surface area contributed by atoms with Gasteiger partial charge in [0.25, 0.3) is 0 Å². The molecule has 0 saturated heterocycles. The van der Waals surface area contributed by atoms with E-state index < -0.39 is 18.3 Å². The first-order valence-corrected chi connectivity index (χ1v) is 23.5. The molecule has 6 aromatic rings. The fraction of sp³-hybridized carbons (Fsp3) is 0.0889. The van der Waals surface area contributed by atoms with Crippen LogP contribution in [0.25, 0.3) is 11.1 Å². The molecule has 0 aromatic heterocycles. The molecule has 0 heterocycles. The van der Waals surface area contributed by atoms with Gasteiger partial charge in [-0.25, -0.2) is 0 Å². The Balaban J connectivity index is 0.00000201. The Hall–Kier alpha value is -3.87. The quantitative estimate of drug-likeness (QED) is 0.145. The number of hydrogen-bond donors (Lipinski definition) is 0. The summed E-state index contributed by atoms with van der Waals surface area (Å²) in [5.41, 5.74) is 11.1. The monoisotopic (exact) mass is 740 g/mol. The number of halogens is 2. The zero-order valence-corrected chi connectivity index (χ0v) is 31.0. The van der Waals surface area contributed by atoms with Crippen LogP contribution in [-0.4, -0.2) is 4.21 Å². The number of hydrogen-bond acceptors (Lipinski definition) is 0. The average molecular weight is 743 g/mol. The molecule has 0 unspecified atom stereocenters. The number of allylic oxidation sites excluding steroid dienone is 4. The van der Waals surface area contributed by atoms with Gasteiger partial charge in [-0.05, 0) is 0 Å². The van der Waals surface area contributed by atoms with E-state index >= 15 is 0 Å². The van der Waals surface area contributed by atoms with Gasteiger partial charge < -0.3 is 0 Å². The van der Waals surface area contributed by atoms with Crippen molar-refractivity contribution in [2.45, 2.75) is 20.1 Å². The first-order valence-electron chi connectivity index (χ1n) is 16.5. The second-order valence-electron chi connectivity index (χ2n) is 13.1. The molecule has 0 aliphatic heterocycles. The normalized spacial score (nSPS) is 13.4. The summed E-state index contributed by atoms with van der Waals surface area (Å²) < 4.78 is 9.24. The fourth-order valence-electron chi connectivity index (χ4n) is 9.11. The van der Waals surface area contributed by atoms with Gasteiger partial charge in [0.15, 0.2) is 0 Å². The van der Waals surface area contributed by atoms with Crippen molar-refractivity contribution in [1.82, 2.24) is 0 Å². The minimum atomic E-state index is -5.12. The molecule has 2 aliphatic rings. The zero-order chi connectivity index (χ0) is 31.0. The van der Waals surface area contributed by atoms with E-state index in [2.05, 4.69) is 182 Å². The molecule has 0 radical (unpaired) electrons. The molecule has 0 spiro atoms. The van der Waals surface area contributed by atoms with Gasteiger partial charge >= 0.3 is 276 Å². The number of rotatable bonds is 8. The molecule has 3 heteroatoms. The number of fused-ring (bicyclic) bond motifs is 3. The predicted molar refractivity (Wildman–Crippen MR) is 207 cm³/mol. The Bertz CT molecular complexity index is 1980. The van der Waals surface area contributed by atoms with Crippen molar-refractivity contribution in [3.63, 3.8) is 0 Å². The van der Waals surface area contributed by atoms with Gasteiger partial charge in [-0.1, -0.05) is 0 Å². The molecule has 2 aliphatic carbocycles. The molecule has 0 atom stereocenters. The summed E-state index contributed by atoms with van der Waals surface area (Å²) in [6.45, 7) is 0. The molecule has 238 valence electrons. The van der Waals surface area contributed by atoms with Crippen molar-refractivity contribution < 1.29 is 18.3 Å². The van der Waals surface area contributed by atoms with Crippen molar-refractivity contribution in [2.24, 2.45) is 0 Å². The van der Waals surface area contributed by atoms with Crippen molar-refractivity contribution in [2.75, 3.05) is 0 Å². The Labute approximate surface area is 298 Å². The Kier molecular flexibility index (Phi) is 9.87. The van der Waals surface area contributed by atoms with Crippen LogP contribution < -0.4 is 3.27 Å². The standard InChI is InChI=1S/C13H9.2C13H11.C5H5.CH2.2ClH.Zr/c1-3-7-12-10(5-1)9-11-6-2-4-8-13(11)12;2*1-3-7-12(8-4-1)11-13-9-5-2-6-10-13;1-2-4-5-3-1;;;;/h1-5,7-8H,9H2;2*1-11H;1-3H,4H2;1H2;2*1H;. The van der Waals surface area contributed by atoms with E-state index in [1.807, 2.05) is 0 Å². The second kappa shape index (κ2) is 13.9. The van der Waals surface area contributed by atoms with Gasteiger partial charge in [-0.2, -0.15) is 0 Å². The third-order valence-electron chi connectivity index (χ3n) is 10.9. The summed E-state index contributed by atoms with van der Waals surface area (Å²) in [5, 5.41) is 0. The Morgan fingerprint density at radius 1 is 0.479 bits per heavy atom. The second-order valence-corrected chi connectivity index (χ2v) is 26.9. The summed E-state index contributed by atoms with van der Waals surface area (Å²) in [5.74, 6) is 0. The molecule has 8 rings (SSSR count). The van der Waals surface area contributed by atoms with Gasteiger partial charge in [0.1, 0.15) is 0 Å². The maximum atomic E-state index is 6.00. The summed E-state index contributed by atoms with van der Waals surface area (Å²) in [6.07, 6.45) is 9.00. The Morgan fingerprint density at radius 3 is 1.38 bits per heavy atom. The van der Waals surface area contributed by atoms with Gasteiger partial charge in [-0.15, -0.1) is 24.8 Å². The van der Waals surface area contributed by atoms with Crippen molar-refractivity contribution >= 4 is 32.3 Å². The molecule has 0 amide bonds. The van der Waals surface area contributed by atoms with E-state index in [4.69, 9.17) is 4.21 Å². The third-order valence-corrected chi connectivity index (χ3v) is 29.5. The fourth-order valence-corrected chi connectivity index (χ4v) is 29.7. The molecular weight excluding hydrogens is 703 g/mol. The third kappa shape index (κ3) is 5.29. The summed E-state index contributed by atoms with van der Waals surface area (Å²) in [6, 6.07) is 61.5. The Morgan fingerprint density at radius 2 is 0.917 bits per heavy atom. The molecule has 6 aromatic carbocycles. The van der Waals surface area contributed by atoms with Crippen LogP contribution in [0.2, 0.25) is 0 Å².